The number of hydrogen-bond donors (Lipinski definition) is 1. The zero-order chi connectivity index (χ0) is 12.5. The van der Waals surface area contributed by atoms with Crippen LogP contribution in [0, 0.1) is 5.92 Å². The molecule has 1 heterocycles. The highest BCUT2D eigenvalue weighted by Crippen LogP contribution is 2.15. The normalized spacial score (nSPS) is 22.9. The van der Waals surface area contributed by atoms with Crippen LogP contribution in [0.1, 0.15) is 59.3 Å². The van der Waals surface area contributed by atoms with Crippen LogP contribution in [0.2, 0.25) is 0 Å². The second kappa shape index (κ2) is 8.93. The topological polar surface area (TPSA) is 15.3 Å². The van der Waals surface area contributed by atoms with Crippen LogP contribution in [-0.2, 0) is 0 Å². The van der Waals surface area contributed by atoms with E-state index in [0.717, 1.165) is 12.0 Å². The SMILES string of the molecule is CC(C)CCCNCCN1CCCCCC1C. The minimum Gasteiger partial charge on any atom is -0.315 e. The number of likely N-dealkylation sites (tertiary alicyclic amines) is 1. The molecule has 0 spiro atoms. The molecular weight excluding hydrogens is 208 g/mol. The van der Waals surface area contributed by atoms with Crippen molar-refractivity contribution in [2.24, 2.45) is 5.92 Å². The van der Waals surface area contributed by atoms with E-state index in [9.17, 15) is 0 Å². The number of rotatable bonds is 7. The Balaban J connectivity index is 2.00. The zero-order valence-electron chi connectivity index (χ0n) is 12.2. The smallest absolute Gasteiger partial charge is 0.0110 e. The largest absolute Gasteiger partial charge is 0.315 e. The molecule has 102 valence electrons. The Morgan fingerprint density at radius 3 is 2.76 bits per heavy atom. The lowest BCUT2D eigenvalue weighted by atomic mass is 10.1. The zero-order valence-corrected chi connectivity index (χ0v) is 12.2. The second-order valence-electron chi connectivity index (χ2n) is 6.02. The molecule has 0 amide bonds. The van der Waals surface area contributed by atoms with E-state index in [1.807, 2.05) is 0 Å². The van der Waals surface area contributed by atoms with Gasteiger partial charge >= 0.3 is 0 Å². The number of hydrogen-bond acceptors (Lipinski definition) is 2. The number of nitrogens with zero attached hydrogens (tertiary/aromatic N) is 1. The maximum atomic E-state index is 3.59. The third-order valence-corrected chi connectivity index (χ3v) is 3.90. The molecule has 17 heavy (non-hydrogen) atoms. The molecule has 0 radical (unpaired) electrons. The summed E-state index contributed by atoms with van der Waals surface area (Å²) in [5.41, 5.74) is 0. The van der Waals surface area contributed by atoms with Crippen molar-refractivity contribution < 1.29 is 0 Å². The molecule has 0 bridgehead atoms. The van der Waals surface area contributed by atoms with Gasteiger partial charge in [0.1, 0.15) is 0 Å². The van der Waals surface area contributed by atoms with Crippen LogP contribution in [-0.4, -0.2) is 37.1 Å². The quantitative estimate of drug-likeness (QED) is 0.687. The Hall–Kier alpha value is -0.0800. The fraction of sp³-hybridized carbons (Fsp3) is 1.00. The van der Waals surface area contributed by atoms with Gasteiger partial charge in [-0.15, -0.1) is 0 Å². The van der Waals surface area contributed by atoms with Crippen molar-refractivity contribution in [3.05, 3.63) is 0 Å². The fourth-order valence-corrected chi connectivity index (χ4v) is 2.65. The van der Waals surface area contributed by atoms with E-state index in [1.54, 1.807) is 0 Å². The lowest BCUT2D eigenvalue weighted by molar-refractivity contribution is 0.214. The van der Waals surface area contributed by atoms with Gasteiger partial charge in [-0.3, -0.25) is 4.90 Å². The van der Waals surface area contributed by atoms with E-state index in [-0.39, 0.29) is 0 Å². The van der Waals surface area contributed by atoms with E-state index in [0.29, 0.717) is 0 Å². The molecule has 1 aliphatic heterocycles. The molecule has 0 aromatic rings. The van der Waals surface area contributed by atoms with Gasteiger partial charge in [0.25, 0.3) is 0 Å². The third-order valence-electron chi connectivity index (χ3n) is 3.90. The molecule has 2 nitrogen and oxygen atoms in total. The first-order valence-corrected chi connectivity index (χ1v) is 7.65. The van der Waals surface area contributed by atoms with Crippen LogP contribution in [0.3, 0.4) is 0 Å². The summed E-state index contributed by atoms with van der Waals surface area (Å²) in [6.07, 6.45) is 8.34. The second-order valence-corrected chi connectivity index (χ2v) is 6.02. The Bertz CT molecular complexity index is 180. The van der Waals surface area contributed by atoms with Gasteiger partial charge in [0.2, 0.25) is 0 Å². The molecule has 1 N–H and O–H groups in total. The molecule has 0 aromatic carbocycles. The summed E-state index contributed by atoms with van der Waals surface area (Å²) in [4.78, 5) is 2.67. The van der Waals surface area contributed by atoms with Gasteiger partial charge in [-0.2, -0.15) is 0 Å². The predicted octanol–water partition coefficient (Wildman–Crippen LogP) is 3.28. The van der Waals surface area contributed by atoms with E-state index in [1.165, 1.54) is 64.7 Å². The summed E-state index contributed by atoms with van der Waals surface area (Å²) in [5, 5.41) is 3.59. The monoisotopic (exact) mass is 240 g/mol. The van der Waals surface area contributed by atoms with Crippen LogP contribution in [0.15, 0.2) is 0 Å². The Labute approximate surface area is 108 Å². The number of nitrogens with one attached hydrogen (secondary N) is 1. The van der Waals surface area contributed by atoms with E-state index in [4.69, 9.17) is 0 Å². The van der Waals surface area contributed by atoms with Crippen LogP contribution in [0.5, 0.6) is 0 Å². The highest BCUT2D eigenvalue weighted by atomic mass is 15.2. The van der Waals surface area contributed by atoms with Crippen molar-refractivity contribution in [3.8, 4) is 0 Å². The van der Waals surface area contributed by atoms with Gasteiger partial charge in [0.15, 0.2) is 0 Å². The third kappa shape index (κ3) is 7.05. The van der Waals surface area contributed by atoms with E-state index >= 15 is 0 Å². The van der Waals surface area contributed by atoms with Crippen LogP contribution in [0.4, 0.5) is 0 Å². The van der Waals surface area contributed by atoms with Gasteiger partial charge in [0, 0.05) is 19.1 Å². The lowest BCUT2D eigenvalue weighted by Gasteiger charge is -2.26. The average Bonchev–Trinajstić information content (AvgIpc) is 2.48. The van der Waals surface area contributed by atoms with Gasteiger partial charge in [-0.1, -0.05) is 26.7 Å². The van der Waals surface area contributed by atoms with Crippen molar-refractivity contribution in [1.82, 2.24) is 10.2 Å². The molecule has 1 atom stereocenters. The molecule has 1 unspecified atom stereocenters. The summed E-state index contributed by atoms with van der Waals surface area (Å²) >= 11 is 0. The first-order valence-electron chi connectivity index (χ1n) is 7.65. The summed E-state index contributed by atoms with van der Waals surface area (Å²) < 4.78 is 0. The molecule has 2 heteroatoms. The minimum absolute atomic E-state index is 0.801. The van der Waals surface area contributed by atoms with Crippen molar-refractivity contribution >= 4 is 0 Å². The fourth-order valence-electron chi connectivity index (χ4n) is 2.65. The van der Waals surface area contributed by atoms with Crippen molar-refractivity contribution in [3.63, 3.8) is 0 Å². The van der Waals surface area contributed by atoms with Crippen molar-refractivity contribution in [2.75, 3.05) is 26.2 Å². The van der Waals surface area contributed by atoms with Crippen LogP contribution < -0.4 is 5.32 Å². The highest BCUT2D eigenvalue weighted by molar-refractivity contribution is 4.72. The molecule has 0 aromatic heterocycles. The van der Waals surface area contributed by atoms with Crippen LogP contribution >= 0.6 is 0 Å². The van der Waals surface area contributed by atoms with Crippen molar-refractivity contribution in [1.29, 1.82) is 0 Å². The summed E-state index contributed by atoms with van der Waals surface area (Å²) in [7, 11) is 0. The first-order chi connectivity index (χ1) is 8.20. The average molecular weight is 240 g/mol. The van der Waals surface area contributed by atoms with Gasteiger partial charge in [-0.25, -0.2) is 0 Å². The molecule has 1 rings (SSSR count). The van der Waals surface area contributed by atoms with Crippen molar-refractivity contribution in [2.45, 2.75) is 65.3 Å². The Morgan fingerprint density at radius 1 is 1.18 bits per heavy atom. The Kier molecular flexibility index (Phi) is 7.87. The highest BCUT2D eigenvalue weighted by Gasteiger charge is 2.15. The molecule has 1 aliphatic rings. The summed E-state index contributed by atoms with van der Waals surface area (Å²) in [5.74, 6) is 0.849. The van der Waals surface area contributed by atoms with E-state index < -0.39 is 0 Å². The predicted molar refractivity (Wildman–Crippen MR) is 76.4 cm³/mol. The first kappa shape index (κ1) is 15.0. The maximum absolute atomic E-state index is 3.59. The van der Waals surface area contributed by atoms with Gasteiger partial charge < -0.3 is 5.32 Å². The Morgan fingerprint density at radius 2 is 2.00 bits per heavy atom. The molecule has 0 aliphatic carbocycles. The van der Waals surface area contributed by atoms with Gasteiger partial charge in [-0.05, 0) is 51.6 Å². The molecule has 0 saturated carbocycles. The lowest BCUT2D eigenvalue weighted by Crippen LogP contribution is -2.38. The standard InChI is InChI=1S/C15H32N2/c1-14(2)8-7-10-16-11-13-17-12-6-4-5-9-15(17)3/h14-16H,4-13H2,1-3H3. The minimum atomic E-state index is 0.801. The summed E-state index contributed by atoms with van der Waals surface area (Å²) in [6, 6.07) is 0.801. The van der Waals surface area contributed by atoms with Crippen LogP contribution in [0.25, 0.3) is 0 Å². The van der Waals surface area contributed by atoms with E-state index in [2.05, 4.69) is 31.0 Å². The maximum Gasteiger partial charge on any atom is 0.0110 e. The molecular formula is C15H32N2. The van der Waals surface area contributed by atoms with Gasteiger partial charge in [0.05, 0.1) is 0 Å². The molecule has 1 fully saturated rings. The summed E-state index contributed by atoms with van der Waals surface area (Å²) in [6.45, 7) is 11.9. The molecule has 1 saturated heterocycles.